The molecule has 2 aromatic rings. The molecule has 1 saturated heterocycles. The number of carbonyl (C=O) groups excluding carboxylic acids is 1. The third-order valence-corrected chi connectivity index (χ3v) is 5.14. The van der Waals surface area contributed by atoms with Crippen LogP contribution < -0.4 is 4.74 Å². The first kappa shape index (κ1) is 18.4. The zero-order valence-corrected chi connectivity index (χ0v) is 16.1. The summed E-state index contributed by atoms with van der Waals surface area (Å²) in [7, 11) is 1.62. The van der Waals surface area contributed by atoms with Gasteiger partial charge in [0.2, 0.25) is 0 Å². The average Bonchev–Trinajstić information content (AvgIpc) is 2.70. The molecule has 1 fully saturated rings. The lowest BCUT2D eigenvalue weighted by Crippen LogP contribution is -2.49. The largest absolute Gasteiger partial charge is 0.497 e. The number of amides is 1. The van der Waals surface area contributed by atoms with Crippen molar-refractivity contribution in [3.05, 3.63) is 64.1 Å². The molecule has 1 unspecified atom stereocenters. The SMILES string of the molecule is COc1ccc(C(C#N)N2CCN(C(=O)c3ccc(Br)cc3)CC2)cc1. The van der Waals surface area contributed by atoms with E-state index in [0.717, 1.165) is 15.8 Å². The topological polar surface area (TPSA) is 56.6 Å². The third kappa shape index (κ3) is 4.06. The molecule has 0 bridgehead atoms. The summed E-state index contributed by atoms with van der Waals surface area (Å²) in [6.07, 6.45) is 0. The molecule has 1 amide bonds. The Kier molecular flexibility index (Phi) is 5.92. The molecule has 26 heavy (non-hydrogen) atoms. The number of nitrogens with zero attached hydrogens (tertiary/aromatic N) is 3. The number of carbonyl (C=O) groups is 1. The first-order valence-corrected chi connectivity index (χ1v) is 9.24. The minimum atomic E-state index is -0.314. The lowest BCUT2D eigenvalue weighted by Gasteiger charge is -2.37. The Balaban J connectivity index is 1.63. The van der Waals surface area contributed by atoms with Crippen LogP contribution in [0.3, 0.4) is 0 Å². The van der Waals surface area contributed by atoms with Crippen molar-refractivity contribution in [1.82, 2.24) is 9.80 Å². The molecule has 0 saturated carbocycles. The van der Waals surface area contributed by atoms with Gasteiger partial charge in [-0.25, -0.2) is 0 Å². The fraction of sp³-hybridized carbons (Fsp3) is 0.300. The van der Waals surface area contributed by atoms with E-state index in [0.29, 0.717) is 31.7 Å². The Morgan fingerprint density at radius 1 is 1.08 bits per heavy atom. The molecular weight excluding hydrogens is 394 g/mol. The summed E-state index contributed by atoms with van der Waals surface area (Å²) in [6, 6.07) is 17.1. The molecule has 2 aromatic carbocycles. The second-order valence-electron chi connectivity index (χ2n) is 6.14. The van der Waals surface area contributed by atoms with Crippen molar-refractivity contribution < 1.29 is 9.53 Å². The number of halogens is 1. The van der Waals surface area contributed by atoms with Crippen LogP contribution in [0.1, 0.15) is 22.0 Å². The van der Waals surface area contributed by atoms with Gasteiger partial charge in [0.05, 0.1) is 13.2 Å². The van der Waals surface area contributed by atoms with Crippen LogP contribution in [-0.2, 0) is 0 Å². The minimum absolute atomic E-state index is 0.0371. The van der Waals surface area contributed by atoms with Crippen molar-refractivity contribution in [2.75, 3.05) is 33.3 Å². The van der Waals surface area contributed by atoms with Crippen LogP contribution in [0, 0.1) is 11.3 Å². The fourth-order valence-electron chi connectivity index (χ4n) is 3.11. The van der Waals surface area contributed by atoms with Crippen LogP contribution in [0.2, 0.25) is 0 Å². The number of rotatable bonds is 4. The molecule has 1 heterocycles. The first-order chi connectivity index (χ1) is 12.6. The number of benzene rings is 2. The highest BCUT2D eigenvalue weighted by Crippen LogP contribution is 2.24. The van der Waals surface area contributed by atoms with Crippen molar-refractivity contribution in [3.8, 4) is 11.8 Å². The Morgan fingerprint density at radius 3 is 2.23 bits per heavy atom. The number of piperazine rings is 1. The van der Waals surface area contributed by atoms with E-state index < -0.39 is 0 Å². The van der Waals surface area contributed by atoms with E-state index in [1.165, 1.54) is 0 Å². The predicted octanol–water partition coefficient (Wildman–Crippen LogP) is 3.48. The summed E-state index contributed by atoms with van der Waals surface area (Å²) in [6.45, 7) is 2.57. The van der Waals surface area contributed by atoms with Crippen LogP contribution in [0.15, 0.2) is 53.0 Å². The van der Waals surface area contributed by atoms with Gasteiger partial charge in [-0.15, -0.1) is 0 Å². The van der Waals surface area contributed by atoms with Gasteiger partial charge in [-0.1, -0.05) is 28.1 Å². The smallest absolute Gasteiger partial charge is 0.253 e. The molecule has 0 aliphatic carbocycles. The van der Waals surface area contributed by atoms with E-state index in [-0.39, 0.29) is 11.9 Å². The number of methoxy groups -OCH3 is 1. The van der Waals surface area contributed by atoms with Gasteiger partial charge >= 0.3 is 0 Å². The molecule has 0 N–H and O–H groups in total. The minimum Gasteiger partial charge on any atom is -0.497 e. The monoisotopic (exact) mass is 413 g/mol. The van der Waals surface area contributed by atoms with Gasteiger partial charge in [-0.05, 0) is 42.0 Å². The normalized spacial score (nSPS) is 16.0. The highest BCUT2D eigenvalue weighted by atomic mass is 79.9. The Hall–Kier alpha value is -2.36. The molecular formula is C20H20BrN3O2. The highest BCUT2D eigenvalue weighted by molar-refractivity contribution is 9.10. The first-order valence-electron chi connectivity index (χ1n) is 8.45. The van der Waals surface area contributed by atoms with Crippen molar-refractivity contribution in [2.45, 2.75) is 6.04 Å². The van der Waals surface area contributed by atoms with Gasteiger partial charge in [0.1, 0.15) is 11.8 Å². The summed E-state index contributed by atoms with van der Waals surface area (Å²) in [5, 5.41) is 9.63. The molecule has 6 heteroatoms. The van der Waals surface area contributed by atoms with E-state index in [2.05, 4.69) is 26.9 Å². The molecule has 1 atom stereocenters. The summed E-state index contributed by atoms with van der Waals surface area (Å²) in [5.74, 6) is 0.811. The Morgan fingerprint density at radius 2 is 1.69 bits per heavy atom. The number of hydrogen-bond donors (Lipinski definition) is 0. The second-order valence-corrected chi connectivity index (χ2v) is 7.06. The van der Waals surface area contributed by atoms with Crippen LogP contribution in [0.25, 0.3) is 0 Å². The van der Waals surface area contributed by atoms with Crippen molar-refractivity contribution in [3.63, 3.8) is 0 Å². The maximum absolute atomic E-state index is 12.6. The Labute approximate surface area is 161 Å². The molecule has 1 aliphatic rings. The Bertz CT molecular complexity index is 791. The standard InChI is InChI=1S/C20H20BrN3O2/c1-26-18-8-4-15(5-9-18)19(14-22)23-10-12-24(13-11-23)20(25)16-2-6-17(21)7-3-16/h2-9,19H,10-13H2,1H3. The van der Waals surface area contributed by atoms with Crippen molar-refractivity contribution in [1.29, 1.82) is 5.26 Å². The van der Waals surface area contributed by atoms with Gasteiger partial charge in [0.15, 0.2) is 0 Å². The van der Waals surface area contributed by atoms with Gasteiger partial charge in [-0.3, -0.25) is 9.69 Å². The lowest BCUT2D eigenvalue weighted by atomic mass is 10.1. The van der Waals surface area contributed by atoms with Gasteiger partial charge in [0.25, 0.3) is 5.91 Å². The average molecular weight is 414 g/mol. The zero-order chi connectivity index (χ0) is 18.5. The number of nitriles is 1. The molecule has 5 nitrogen and oxygen atoms in total. The van der Waals surface area contributed by atoms with E-state index >= 15 is 0 Å². The van der Waals surface area contributed by atoms with Gasteiger partial charge < -0.3 is 9.64 Å². The van der Waals surface area contributed by atoms with Crippen LogP contribution in [-0.4, -0.2) is 49.0 Å². The van der Waals surface area contributed by atoms with Crippen LogP contribution in [0.5, 0.6) is 5.75 Å². The summed E-state index contributed by atoms with van der Waals surface area (Å²) < 4.78 is 6.13. The summed E-state index contributed by atoms with van der Waals surface area (Å²) in [5.41, 5.74) is 1.63. The molecule has 1 aliphatic heterocycles. The van der Waals surface area contributed by atoms with E-state index in [1.807, 2.05) is 53.4 Å². The molecule has 134 valence electrons. The van der Waals surface area contributed by atoms with Crippen molar-refractivity contribution in [2.24, 2.45) is 0 Å². The number of hydrogen-bond acceptors (Lipinski definition) is 4. The molecule has 0 spiro atoms. The maximum atomic E-state index is 12.6. The summed E-state index contributed by atoms with van der Waals surface area (Å²) in [4.78, 5) is 16.6. The third-order valence-electron chi connectivity index (χ3n) is 4.61. The fourth-order valence-corrected chi connectivity index (χ4v) is 3.38. The molecule has 3 rings (SSSR count). The second kappa shape index (κ2) is 8.35. The molecule has 0 radical (unpaired) electrons. The predicted molar refractivity (Wildman–Crippen MR) is 103 cm³/mol. The van der Waals surface area contributed by atoms with E-state index in [4.69, 9.17) is 4.74 Å². The van der Waals surface area contributed by atoms with Crippen LogP contribution in [0.4, 0.5) is 0 Å². The van der Waals surface area contributed by atoms with E-state index in [9.17, 15) is 10.1 Å². The maximum Gasteiger partial charge on any atom is 0.253 e. The van der Waals surface area contributed by atoms with Gasteiger partial charge in [-0.2, -0.15) is 5.26 Å². The quantitative estimate of drug-likeness (QED) is 0.769. The van der Waals surface area contributed by atoms with E-state index in [1.54, 1.807) is 7.11 Å². The summed E-state index contributed by atoms with van der Waals surface area (Å²) >= 11 is 3.38. The lowest BCUT2D eigenvalue weighted by molar-refractivity contribution is 0.0606. The number of ether oxygens (including phenoxy) is 1. The van der Waals surface area contributed by atoms with Crippen molar-refractivity contribution >= 4 is 21.8 Å². The molecule has 0 aromatic heterocycles. The van der Waals surface area contributed by atoms with Crippen LogP contribution >= 0.6 is 15.9 Å². The highest BCUT2D eigenvalue weighted by Gasteiger charge is 2.27. The van der Waals surface area contributed by atoms with Gasteiger partial charge in [0, 0.05) is 36.2 Å². The zero-order valence-electron chi connectivity index (χ0n) is 14.6.